The number of hydrogen-bond acceptors (Lipinski definition) is 7. The molecule has 0 aliphatic heterocycles. The second-order valence-corrected chi connectivity index (χ2v) is 6.70. The summed E-state index contributed by atoms with van der Waals surface area (Å²) in [5.74, 6) is 2.06. The molecule has 1 aromatic carbocycles. The lowest BCUT2D eigenvalue weighted by atomic mass is 9.86. The lowest BCUT2D eigenvalue weighted by molar-refractivity contribution is 0.344. The van der Waals surface area contributed by atoms with Crippen LogP contribution in [-0.2, 0) is 0 Å². The molecule has 4 rings (SSSR count). The second kappa shape index (κ2) is 7.25. The smallest absolute Gasteiger partial charge is 0.225 e. The van der Waals surface area contributed by atoms with E-state index in [1.54, 1.807) is 18.0 Å². The highest BCUT2D eigenvalue weighted by molar-refractivity contribution is 5.72. The van der Waals surface area contributed by atoms with Gasteiger partial charge in [0.1, 0.15) is 5.75 Å². The van der Waals surface area contributed by atoms with Crippen LogP contribution in [0.1, 0.15) is 25.7 Å². The Morgan fingerprint density at radius 2 is 1.96 bits per heavy atom. The number of nitrogens with two attached hydrogens (primary N) is 1. The summed E-state index contributed by atoms with van der Waals surface area (Å²) in [6.07, 6.45) is 6.21. The molecule has 3 N–H and O–H groups in total. The van der Waals surface area contributed by atoms with E-state index < -0.39 is 0 Å². The molecular formula is C18H23N7O. The maximum absolute atomic E-state index is 5.77. The second-order valence-electron chi connectivity index (χ2n) is 6.70. The van der Waals surface area contributed by atoms with Crippen molar-refractivity contribution in [3.05, 3.63) is 30.5 Å². The lowest BCUT2D eigenvalue weighted by Gasteiger charge is -2.28. The third-order valence-electron chi connectivity index (χ3n) is 5.02. The van der Waals surface area contributed by atoms with Gasteiger partial charge in [-0.05, 0) is 62.4 Å². The van der Waals surface area contributed by atoms with Crippen molar-refractivity contribution in [2.24, 2.45) is 11.7 Å². The van der Waals surface area contributed by atoms with Gasteiger partial charge in [0.2, 0.25) is 5.95 Å². The van der Waals surface area contributed by atoms with Crippen molar-refractivity contribution in [2.75, 3.05) is 19.0 Å². The van der Waals surface area contributed by atoms with Gasteiger partial charge in [-0.25, -0.2) is 4.98 Å². The van der Waals surface area contributed by atoms with E-state index >= 15 is 0 Å². The number of anilines is 1. The number of rotatable bonds is 5. The standard InChI is InChI=1S/C18H23N7O/c1-26-15-8-6-14(7-9-15)25-17-16(23-24-25)11-20-18(22-17)21-13-4-2-12(10-19)3-5-13/h6-9,11-13H,2-5,10,19H2,1H3,(H,20,21,22). The first-order valence-electron chi connectivity index (χ1n) is 8.96. The van der Waals surface area contributed by atoms with Crippen LogP contribution in [0.25, 0.3) is 16.9 Å². The van der Waals surface area contributed by atoms with E-state index in [2.05, 4.69) is 25.6 Å². The Bertz CT molecular complexity index is 869. The monoisotopic (exact) mass is 353 g/mol. The summed E-state index contributed by atoms with van der Waals surface area (Å²) < 4.78 is 6.92. The maximum Gasteiger partial charge on any atom is 0.225 e. The number of aromatic nitrogens is 5. The molecule has 26 heavy (non-hydrogen) atoms. The van der Waals surface area contributed by atoms with Crippen LogP contribution in [0.15, 0.2) is 30.5 Å². The number of nitrogens with one attached hydrogen (secondary N) is 1. The van der Waals surface area contributed by atoms with Gasteiger partial charge in [0.25, 0.3) is 0 Å². The molecule has 0 atom stereocenters. The number of ether oxygens (including phenoxy) is 1. The van der Waals surface area contributed by atoms with Crippen LogP contribution in [0.4, 0.5) is 5.95 Å². The number of nitrogens with zero attached hydrogens (tertiary/aromatic N) is 5. The predicted molar refractivity (Wildman–Crippen MR) is 99.4 cm³/mol. The lowest BCUT2D eigenvalue weighted by Crippen LogP contribution is -2.29. The van der Waals surface area contributed by atoms with Crippen LogP contribution in [-0.4, -0.2) is 44.7 Å². The Balaban J connectivity index is 1.56. The van der Waals surface area contributed by atoms with Gasteiger partial charge in [-0.15, -0.1) is 5.10 Å². The van der Waals surface area contributed by atoms with Gasteiger partial charge in [-0.2, -0.15) is 9.67 Å². The van der Waals surface area contributed by atoms with E-state index in [1.807, 2.05) is 24.3 Å². The van der Waals surface area contributed by atoms with Crippen LogP contribution in [0.3, 0.4) is 0 Å². The highest BCUT2D eigenvalue weighted by Gasteiger charge is 2.21. The molecule has 1 fully saturated rings. The molecule has 1 saturated carbocycles. The van der Waals surface area contributed by atoms with Gasteiger partial charge in [0.15, 0.2) is 11.2 Å². The van der Waals surface area contributed by atoms with Crippen molar-refractivity contribution in [3.8, 4) is 11.4 Å². The van der Waals surface area contributed by atoms with Crippen molar-refractivity contribution in [1.82, 2.24) is 25.0 Å². The quantitative estimate of drug-likeness (QED) is 0.724. The summed E-state index contributed by atoms with van der Waals surface area (Å²) in [5.41, 5.74) is 8.00. The minimum atomic E-state index is 0.389. The van der Waals surface area contributed by atoms with Crippen molar-refractivity contribution in [1.29, 1.82) is 0 Å². The van der Waals surface area contributed by atoms with Crippen LogP contribution in [0, 0.1) is 5.92 Å². The molecule has 0 unspecified atom stereocenters. The van der Waals surface area contributed by atoms with E-state index in [4.69, 9.17) is 10.5 Å². The SMILES string of the molecule is COc1ccc(-n2nnc3cnc(NC4CCC(CN)CC4)nc32)cc1. The number of hydrogen-bond donors (Lipinski definition) is 2. The Morgan fingerprint density at radius 3 is 2.65 bits per heavy atom. The van der Waals surface area contributed by atoms with Gasteiger partial charge >= 0.3 is 0 Å². The summed E-state index contributed by atoms with van der Waals surface area (Å²) in [7, 11) is 1.64. The topological polar surface area (TPSA) is 104 Å². The average Bonchev–Trinajstić information content (AvgIpc) is 3.12. The Labute approximate surface area is 151 Å². The number of methoxy groups -OCH3 is 1. The van der Waals surface area contributed by atoms with Gasteiger partial charge < -0.3 is 15.8 Å². The van der Waals surface area contributed by atoms with Crippen LogP contribution in [0.5, 0.6) is 5.75 Å². The minimum absolute atomic E-state index is 0.389. The molecule has 8 heteroatoms. The summed E-state index contributed by atoms with van der Waals surface area (Å²) >= 11 is 0. The van der Waals surface area contributed by atoms with Crippen molar-refractivity contribution in [3.63, 3.8) is 0 Å². The highest BCUT2D eigenvalue weighted by Crippen LogP contribution is 2.25. The molecule has 1 aliphatic carbocycles. The summed E-state index contributed by atoms with van der Waals surface area (Å²) in [6, 6.07) is 8.02. The molecule has 0 saturated heterocycles. The molecule has 1 aliphatic rings. The third kappa shape index (κ3) is 3.32. The zero-order valence-electron chi connectivity index (χ0n) is 14.8. The fourth-order valence-corrected chi connectivity index (χ4v) is 3.42. The van der Waals surface area contributed by atoms with Gasteiger partial charge in [0, 0.05) is 6.04 Å². The first-order chi connectivity index (χ1) is 12.8. The summed E-state index contributed by atoms with van der Waals surface area (Å²) in [6.45, 7) is 0.780. The first-order valence-corrected chi connectivity index (χ1v) is 8.96. The van der Waals surface area contributed by atoms with Crippen molar-refractivity contribution in [2.45, 2.75) is 31.7 Å². The molecule has 0 spiro atoms. The zero-order chi connectivity index (χ0) is 17.9. The molecule has 0 amide bonds. The van der Waals surface area contributed by atoms with E-state index in [9.17, 15) is 0 Å². The number of benzene rings is 1. The Hall–Kier alpha value is -2.74. The van der Waals surface area contributed by atoms with Crippen molar-refractivity contribution >= 4 is 17.1 Å². The van der Waals surface area contributed by atoms with Gasteiger partial charge in [-0.3, -0.25) is 0 Å². The summed E-state index contributed by atoms with van der Waals surface area (Å²) in [5, 5.41) is 11.8. The Morgan fingerprint density at radius 1 is 1.19 bits per heavy atom. The van der Waals surface area contributed by atoms with E-state index in [-0.39, 0.29) is 0 Å². The molecule has 0 bridgehead atoms. The highest BCUT2D eigenvalue weighted by atomic mass is 16.5. The fourth-order valence-electron chi connectivity index (χ4n) is 3.42. The van der Waals surface area contributed by atoms with Gasteiger partial charge in [0.05, 0.1) is 19.0 Å². The maximum atomic E-state index is 5.77. The molecule has 0 radical (unpaired) electrons. The Kier molecular flexibility index (Phi) is 4.66. The van der Waals surface area contributed by atoms with E-state index in [0.717, 1.165) is 43.7 Å². The van der Waals surface area contributed by atoms with Crippen LogP contribution < -0.4 is 15.8 Å². The normalized spacial score (nSPS) is 20.2. The van der Waals surface area contributed by atoms with Crippen LogP contribution in [0.2, 0.25) is 0 Å². The largest absolute Gasteiger partial charge is 0.497 e. The predicted octanol–water partition coefficient (Wildman–Crippen LogP) is 2.15. The zero-order valence-corrected chi connectivity index (χ0v) is 14.8. The minimum Gasteiger partial charge on any atom is -0.497 e. The molecule has 3 aromatic rings. The fraction of sp³-hybridized carbons (Fsp3) is 0.444. The summed E-state index contributed by atoms with van der Waals surface area (Å²) in [4.78, 5) is 9.04. The average molecular weight is 353 g/mol. The third-order valence-corrected chi connectivity index (χ3v) is 5.02. The van der Waals surface area contributed by atoms with E-state index in [0.29, 0.717) is 29.1 Å². The van der Waals surface area contributed by atoms with Gasteiger partial charge in [-0.1, -0.05) is 5.21 Å². The molecule has 2 aromatic heterocycles. The number of fused-ring (bicyclic) bond motifs is 1. The molecular weight excluding hydrogens is 330 g/mol. The van der Waals surface area contributed by atoms with Crippen molar-refractivity contribution < 1.29 is 4.74 Å². The molecule has 136 valence electrons. The first kappa shape index (κ1) is 16.7. The van der Waals surface area contributed by atoms with E-state index in [1.165, 1.54) is 0 Å². The molecule has 8 nitrogen and oxygen atoms in total. The van der Waals surface area contributed by atoms with Crippen LogP contribution >= 0.6 is 0 Å². The molecule has 2 heterocycles.